The molecule has 4 aliphatic rings. The highest BCUT2D eigenvalue weighted by Crippen LogP contribution is 2.64. The minimum atomic E-state index is -0.115. The van der Waals surface area contributed by atoms with Gasteiger partial charge in [0.25, 0.3) is 0 Å². The Bertz CT molecular complexity index is 826. The first-order valence-electron chi connectivity index (χ1n) is 11.0. The number of hydrogen-bond acceptors (Lipinski definition) is 4. The normalized spacial score (nSPS) is 44.2. The lowest BCUT2D eigenvalue weighted by Crippen LogP contribution is -2.50. The van der Waals surface area contributed by atoms with E-state index in [9.17, 15) is 5.11 Å². The Balaban J connectivity index is 1.39. The van der Waals surface area contributed by atoms with Crippen LogP contribution in [-0.2, 0) is 0 Å². The number of thiophene rings is 1. The molecule has 6 atom stereocenters. The van der Waals surface area contributed by atoms with Crippen molar-refractivity contribution in [2.75, 3.05) is 0 Å². The lowest BCUT2D eigenvalue weighted by atomic mass is 9.48. The molecule has 0 spiro atoms. The molecule has 0 aromatic carbocycles. The zero-order valence-corrected chi connectivity index (χ0v) is 17.9. The van der Waals surface area contributed by atoms with E-state index < -0.39 is 0 Å². The zero-order chi connectivity index (χ0) is 19.4. The van der Waals surface area contributed by atoms with Crippen LogP contribution in [0.25, 0.3) is 0 Å². The lowest BCUT2D eigenvalue weighted by Gasteiger charge is -2.57. The molecule has 3 saturated carbocycles. The van der Waals surface area contributed by atoms with Gasteiger partial charge in [0.05, 0.1) is 12.3 Å². The Kier molecular flexibility index (Phi) is 4.63. The lowest BCUT2D eigenvalue weighted by molar-refractivity contribution is -0.0209. The van der Waals surface area contributed by atoms with Gasteiger partial charge in [-0.15, -0.1) is 0 Å². The average Bonchev–Trinajstić information content (AvgIpc) is 3.30. The van der Waals surface area contributed by atoms with E-state index in [4.69, 9.17) is 5.10 Å². The minimum absolute atomic E-state index is 0.115. The van der Waals surface area contributed by atoms with Gasteiger partial charge in [0.15, 0.2) is 0 Å². The molecule has 5 rings (SSSR count). The van der Waals surface area contributed by atoms with E-state index in [-0.39, 0.29) is 11.5 Å². The van der Waals surface area contributed by atoms with Crippen LogP contribution in [0.15, 0.2) is 38.7 Å². The van der Waals surface area contributed by atoms with E-state index in [0.29, 0.717) is 5.41 Å². The molecule has 3 fully saturated rings. The van der Waals surface area contributed by atoms with Crippen LogP contribution < -0.4 is 0 Å². The van der Waals surface area contributed by atoms with Crippen LogP contribution in [0.3, 0.4) is 0 Å². The molecule has 0 saturated heterocycles. The Labute approximate surface area is 172 Å². The summed E-state index contributed by atoms with van der Waals surface area (Å²) >= 11 is 1.70. The molecule has 5 unspecified atom stereocenters. The second-order valence-electron chi connectivity index (χ2n) is 10.00. The predicted molar refractivity (Wildman–Crippen MR) is 117 cm³/mol. The smallest absolute Gasteiger partial charge is 0.0577 e. The van der Waals surface area contributed by atoms with Gasteiger partial charge in [0, 0.05) is 16.7 Å². The van der Waals surface area contributed by atoms with Crippen molar-refractivity contribution in [1.29, 1.82) is 0 Å². The molecule has 1 heterocycles. The average molecular weight is 397 g/mol. The number of allylic oxidation sites excluding steroid dienone is 1. The molecule has 3 nitrogen and oxygen atoms in total. The Morgan fingerprint density at radius 1 is 1.14 bits per heavy atom. The number of hydrogen-bond donors (Lipinski definition) is 1. The summed E-state index contributed by atoms with van der Waals surface area (Å²) in [5.41, 5.74) is 4.59. The monoisotopic (exact) mass is 396 g/mol. The first-order valence-corrected chi connectivity index (χ1v) is 11.9. The van der Waals surface area contributed by atoms with E-state index in [0.717, 1.165) is 49.0 Å². The van der Waals surface area contributed by atoms with Crippen molar-refractivity contribution < 1.29 is 5.11 Å². The molecule has 0 aliphatic heterocycles. The summed E-state index contributed by atoms with van der Waals surface area (Å²) in [6.45, 7) is 4.96. The standard InChI is InChI=1S/C24H32N2OS/c1-23-10-7-18(27)13-17(23)3-4-19-20-5-6-22(24(20,2)11-8-21(19)23)26-25-14-16-9-12-28-15-16/h3,9,12,14-15,18-21,27H,4-8,10-11,13H2,1-2H3/b25-14+,26-22+/t18-,19?,20?,21?,23?,24?/m0/s1. The summed E-state index contributed by atoms with van der Waals surface area (Å²) in [6.07, 6.45) is 13.5. The summed E-state index contributed by atoms with van der Waals surface area (Å²) in [7, 11) is 0. The third-order valence-corrected chi connectivity index (χ3v) is 9.45. The molecule has 1 aromatic rings. The Hall–Kier alpha value is -1.26. The number of aliphatic hydroxyl groups is 1. The molecule has 0 amide bonds. The quantitative estimate of drug-likeness (QED) is 0.380. The second-order valence-corrected chi connectivity index (χ2v) is 10.8. The van der Waals surface area contributed by atoms with Crippen molar-refractivity contribution in [2.24, 2.45) is 38.8 Å². The number of aliphatic hydroxyl groups excluding tert-OH is 1. The topological polar surface area (TPSA) is 45.0 Å². The van der Waals surface area contributed by atoms with Crippen LogP contribution in [0.2, 0.25) is 0 Å². The van der Waals surface area contributed by atoms with E-state index in [1.165, 1.54) is 31.4 Å². The fourth-order valence-corrected chi connectivity index (χ4v) is 7.72. The van der Waals surface area contributed by atoms with Gasteiger partial charge in [0.1, 0.15) is 0 Å². The van der Waals surface area contributed by atoms with Gasteiger partial charge in [-0.25, -0.2) is 0 Å². The third kappa shape index (κ3) is 2.87. The summed E-state index contributed by atoms with van der Waals surface area (Å²) in [5.74, 6) is 2.30. The summed E-state index contributed by atoms with van der Waals surface area (Å²) in [5, 5.41) is 23.6. The van der Waals surface area contributed by atoms with Crippen LogP contribution in [0, 0.1) is 28.6 Å². The Morgan fingerprint density at radius 3 is 2.79 bits per heavy atom. The molecule has 1 N–H and O–H groups in total. The van der Waals surface area contributed by atoms with Gasteiger partial charge < -0.3 is 5.11 Å². The molecular weight excluding hydrogens is 364 g/mol. The molecule has 4 aliphatic carbocycles. The first kappa shape index (κ1) is 18.7. The van der Waals surface area contributed by atoms with Gasteiger partial charge in [-0.05, 0) is 91.4 Å². The molecule has 0 radical (unpaired) electrons. The third-order valence-electron chi connectivity index (χ3n) is 8.75. The maximum absolute atomic E-state index is 10.2. The SMILES string of the molecule is CC12CC[C@H](O)CC1=CCC1C2CCC2(C)/C(=N/N=C/c3ccsc3)CCC12. The van der Waals surface area contributed by atoms with Crippen molar-refractivity contribution in [1.82, 2.24) is 0 Å². The summed E-state index contributed by atoms with van der Waals surface area (Å²) < 4.78 is 0. The highest BCUT2D eigenvalue weighted by molar-refractivity contribution is 7.08. The molecule has 150 valence electrons. The predicted octanol–water partition coefficient (Wildman–Crippen LogP) is 5.85. The summed E-state index contributed by atoms with van der Waals surface area (Å²) in [6, 6.07) is 2.09. The van der Waals surface area contributed by atoms with Gasteiger partial charge in [0.2, 0.25) is 0 Å². The number of nitrogens with zero attached hydrogens (tertiary/aromatic N) is 2. The fraction of sp³-hybridized carbons (Fsp3) is 0.667. The van der Waals surface area contributed by atoms with Crippen LogP contribution in [0.4, 0.5) is 0 Å². The molecule has 28 heavy (non-hydrogen) atoms. The van der Waals surface area contributed by atoms with Crippen molar-refractivity contribution in [3.63, 3.8) is 0 Å². The van der Waals surface area contributed by atoms with Crippen LogP contribution in [0.1, 0.15) is 70.8 Å². The van der Waals surface area contributed by atoms with E-state index in [1.807, 2.05) is 6.21 Å². The highest BCUT2D eigenvalue weighted by atomic mass is 32.1. The van der Waals surface area contributed by atoms with Crippen LogP contribution in [0.5, 0.6) is 0 Å². The largest absolute Gasteiger partial charge is 0.393 e. The van der Waals surface area contributed by atoms with Gasteiger partial charge in [-0.3, -0.25) is 0 Å². The van der Waals surface area contributed by atoms with E-state index in [2.05, 4.69) is 41.9 Å². The molecular formula is C24H32N2OS. The molecule has 0 bridgehead atoms. The van der Waals surface area contributed by atoms with Crippen molar-refractivity contribution >= 4 is 23.3 Å². The highest BCUT2D eigenvalue weighted by Gasteiger charge is 2.57. The molecule has 1 aromatic heterocycles. The van der Waals surface area contributed by atoms with Crippen LogP contribution >= 0.6 is 11.3 Å². The second kappa shape index (κ2) is 6.91. The van der Waals surface area contributed by atoms with Crippen molar-refractivity contribution in [3.05, 3.63) is 34.0 Å². The summed E-state index contributed by atoms with van der Waals surface area (Å²) in [4.78, 5) is 0. The maximum atomic E-state index is 10.2. The van der Waals surface area contributed by atoms with Crippen molar-refractivity contribution in [2.45, 2.75) is 71.3 Å². The molecule has 4 heteroatoms. The van der Waals surface area contributed by atoms with Crippen LogP contribution in [-0.4, -0.2) is 23.1 Å². The number of fused-ring (bicyclic) bond motifs is 5. The van der Waals surface area contributed by atoms with E-state index in [1.54, 1.807) is 16.9 Å². The zero-order valence-electron chi connectivity index (χ0n) is 17.1. The van der Waals surface area contributed by atoms with E-state index >= 15 is 0 Å². The van der Waals surface area contributed by atoms with Gasteiger partial charge >= 0.3 is 0 Å². The first-order chi connectivity index (χ1) is 13.5. The van der Waals surface area contributed by atoms with Gasteiger partial charge in [-0.1, -0.05) is 25.5 Å². The fourth-order valence-electron chi connectivity index (χ4n) is 7.11. The number of rotatable bonds is 2. The van der Waals surface area contributed by atoms with Crippen molar-refractivity contribution in [3.8, 4) is 0 Å². The Morgan fingerprint density at radius 2 is 1.96 bits per heavy atom. The minimum Gasteiger partial charge on any atom is -0.393 e. The maximum Gasteiger partial charge on any atom is 0.0577 e. The van der Waals surface area contributed by atoms with Gasteiger partial charge in [-0.2, -0.15) is 21.5 Å².